The Hall–Kier alpha value is -1.97. The lowest BCUT2D eigenvalue weighted by Crippen LogP contribution is -1.96. The normalized spacial score (nSPS) is 10.3. The average molecular weight is 206 g/mol. The summed E-state index contributed by atoms with van der Waals surface area (Å²) in [5.41, 5.74) is 6.21. The van der Waals surface area contributed by atoms with Crippen LogP contribution in [0.1, 0.15) is 0 Å². The highest BCUT2D eigenvalue weighted by molar-refractivity contribution is 5.72. The van der Waals surface area contributed by atoms with Crippen LogP contribution >= 0.6 is 0 Å². The fourth-order valence-corrected chi connectivity index (χ4v) is 1.33. The summed E-state index contributed by atoms with van der Waals surface area (Å²) in [6.07, 6.45) is 1.01. The summed E-state index contributed by atoms with van der Waals surface area (Å²) in [5, 5.41) is 0. The van der Waals surface area contributed by atoms with Gasteiger partial charge in [0.05, 0.1) is 17.6 Å². The molecule has 0 saturated carbocycles. The third-order valence-electron chi connectivity index (χ3n) is 2.01. The van der Waals surface area contributed by atoms with Crippen LogP contribution < -0.4 is 5.73 Å². The molecule has 0 bridgehead atoms. The lowest BCUT2D eigenvalue weighted by atomic mass is 10.1. The van der Waals surface area contributed by atoms with Crippen LogP contribution in [0.3, 0.4) is 0 Å². The number of hydrogen-bond acceptors (Lipinski definition) is 2. The number of anilines is 1. The van der Waals surface area contributed by atoms with Gasteiger partial charge >= 0.3 is 0 Å². The third-order valence-corrected chi connectivity index (χ3v) is 2.01. The number of aromatic nitrogens is 1. The zero-order chi connectivity index (χ0) is 10.8. The predicted molar refractivity (Wildman–Crippen MR) is 54.0 cm³/mol. The van der Waals surface area contributed by atoms with Crippen molar-refractivity contribution in [2.75, 3.05) is 5.73 Å². The summed E-state index contributed by atoms with van der Waals surface area (Å²) in [7, 11) is 0. The first-order valence-corrected chi connectivity index (χ1v) is 4.34. The predicted octanol–water partition coefficient (Wildman–Crippen LogP) is 2.61. The Bertz CT molecular complexity index is 498. The number of halogens is 2. The van der Waals surface area contributed by atoms with E-state index in [1.54, 1.807) is 18.2 Å². The number of nitrogens with zero attached hydrogens (tertiary/aromatic N) is 1. The van der Waals surface area contributed by atoms with Crippen LogP contribution in [0.4, 0.5) is 14.5 Å². The standard InChI is InChI=1S/C11H8F2N2/c12-7-5-10(14)11(15-6-7)8-3-1-2-4-9(8)13/h1-6H,14H2. The molecule has 2 nitrogen and oxygen atoms in total. The Morgan fingerprint density at radius 1 is 1.13 bits per heavy atom. The van der Waals surface area contributed by atoms with E-state index >= 15 is 0 Å². The minimum absolute atomic E-state index is 0.125. The molecule has 0 amide bonds. The number of nitrogen functional groups attached to an aromatic ring is 1. The highest BCUT2D eigenvalue weighted by Gasteiger charge is 2.09. The number of nitrogens with two attached hydrogens (primary N) is 1. The van der Waals surface area contributed by atoms with E-state index in [9.17, 15) is 8.78 Å². The molecule has 0 fully saturated rings. The Labute approximate surface area is 85.4 Å². The Morgan fingerprint density at radius 2 is 1.87 bits per heavy atom. The molecule has 2 rings (SSSR count). The number of rotatable bonds is 1. The van der Waals surface area contributed by atoms with Gasteiger partial charge in [-0.05, 0) is 12.1 Å². The second-order valence-electron chi connectivity index (χ2n) is 3.07. The lowest BCUT2D eigenvalue weighted by Gasteiger charge is -2.05. The van der Waals surface area contributed by atoms with E-state index in [0.29, 0.717) is 0 Å². The van der Waals surface area contributed by atoms with Gasteiger partial charge < -0.3 is 5.73 Å². The quantitative estimate of drug-likeness (QED) is 0.778. The molecule has 76 valence electrons. The zero-order valence-electron chi connectivity index (χ0n) is 7.74. The second-order valence-corrected chi connectivity index (χ2v) is 3.07. The largest absolute Gasteiger partial charge is 0.397 e. The maximum atomic E-state index is 13.4. The summed E-state index contributed by atoms with van der Waals surface area (Å²) in [6.45, 7) is 0. The molecule has 0 spiro atoms. The lowest BCUT2D eigenvalue weighted by molar-refractivity contribution is 0.620. The molecule has 15 heavy (non-hydrogen) atoms. The van der Waals surface area contributed by atoms with Crippen molar-refractivity contribution in [1.82, 2.24) is 4.98 Å². The summed E-state index contributed by atoms with van der Waals surface area (Å²) >= 11 is 0. The van der Waals surface area contributed by atoms with Crippen LogP contribution in [-0.4, -0.2) is 4.98 Å². The van der Waals surface area contributed by atoms with Crippen molar-refractivity contribution in [2.45, 2.75) is 0 Å². The molecule has 2 aromatic rings. The average Bonchev–Trinajstić information content (AvgIpc) is 2.20. The minimum atomic E-state index is -0.535. The van der Waals surface area contributed by atoms with Crippen molar-refractivity contribution >= 4 is 5.69 Å². The molecular formula is C11H8F2N2. The topological polar surface area (TPSA) is 38.9 Å². The van der Waals surface area contributed by atoms with Gasteiger partial charge in [-0.2, -0.15) is 0 Å². The summed E-state index contributed by atoms with van der Waals surface area (Å²) in [6, 6.07) is 7.21. The maximum Gasteiger partial charge on any atom is 0.143 e. The Balaban J connectivity index is 2.60. The fourth-order valence-electron chi connectivity index (χ4n) is 1.33. The van der Waals surface area contributed by atoms with Gasteiger partial charge in [0.15, 0.2) is 0 Å². The number of hydrogen-bond donors (Lipinski definition) is 1. The van der Waals surface area contributed by atoms with Crippen molar-refractivity contribution in [1.29, 1.82) is 0 Å². The van der Waals surface area contributed by atoms with Crippen molar-refractivity contribution in [3.05, 3.63) is 48.2 Å². The molecule has 0 unspecified atom stereocenters. The van der Waals surface area contributed by atoms with E-state index in [1.807, 2.05) is 0 Å². The van der Waals surface area contributed by atoms with E-state index in [-0.39, 0.29) is 16.9 Å². The van der Waals surface area contributed by atoms with Crippen LogP contribution in [0.5, 0.6) is 0 Å². The molecule has 2 N–H and O–H groups in total. The summed E-state index contributed by atoms with van der Waals surface area (Å²) < 4.78 is 26.1. The van der Waals surface area contributed by atoms with Gasteiger partial charge in [0, 0.05) is 11.6 Å². The van der Waals surface area contributed by atoms with Crippen molar-refractivity contribution < 1.29 is 8.78 Å². The van der Waals surface area contributed by atoms with E-state index in [1.165, 1.54) is 6.07 Å². The highest BCUT2D eigenvalue weighted by Crippen LogP contribution is 2.25. The number of benzene rings is 1. The maximum absolute atomic E-state index is 13.4. The molecule has 0 aliphatic heterocycles. The minimum Gasteiger partial charge on any atom is -0.397 e. The molecule has 0 aliphatic carbocycles. The molecule has 1 heterocycles. The SMILES string of the molecule is Nc1cc(F)cnc1-c1ccccc1F. The van der Waals surface area contributed by atoms with Crippen molar-refractivity contribution in [2.24, 2.45) is 0 Å². The van der Waals surface area contributed by atoms with E-state index in [2.05, 4.69) is 4.98 Å². The molecule has 0 radical (unpaired) electrons. The van der Waals surface area contributed by atoms with Crippen LogP contribution in [0.25, 0.3) is 11.3 Å². The summed E-state index contributed by atoms with van der Waals surface area (Å²) in [4.78, 5) is 3.77. The molecule has 1 aromatic heterocycles. The van der Waals surface area contributed by atoms with Crippen molar-refractivity contribution in [3.63, 3.8) is 0 Å². The zero-order valence-corrected chi connectivity index (χ0v) is 7.74. The third kappa shape index (κ3) is 1.79. The van der Waals surface area contributed by atoms with Crippen LogP contribution in [0.15, 0.2) is 36.5 Å². The van der Waals surface area contributed by atoms with Gasteiger partial charge in [0.2, 0.25) is 0 Å². The first-order chi connectivity index (χ1) is 7.18. The summed E-state index contributed by atoms with van der Waals surface area (Å²) in [5.74, 6) is -0.962. The molecular weight excluding hydrogens is 198 g/mol. The van der Waals surface area contributed by atoms with Gasteiger partial charge in [0.25, 0.3) is 0 Å². The smallest absolute Gasteiger partial charge is 0.143 e. The van der Waals surface area contributed by atoms with Gasteiger partial charge in [0.1, 0.15) is 11.6 Å². The number of pyridine rings is 1. The van der Waals surface area contributed by atoms with Gasteiger partial charge in [-0.25, -0.2) is 8.78 Å². The van der Waals surface area contributed by atoms with Crippen LogP contribution in [-0.2, 0) is 0 Å². The molecule has 0 aliphatic rings. The van der Waals surface area contributed by atoms with Gasteiger partial charge in [-0.1, -0.05) is 12.1 Å². The second kappa shape index (κ2) is 3.65. The highest BCUT2D eigenvalue weighted by atomic mass is 19.1. The van der Waals surface area contributed by atoms with Crippen LogP contribution in [0.2, 0.25) is 0 Å². The monoisotopic (exact) mass is 206 g/mol. The van der Waals surface area contributed by atoms with Gasteiger partial charge in [-0.3, -0.25) is 4.98 Å². The first kappa shape index (κ1) is 9.58. The van der Waals surface area contributed by atoms with E-state index in [4.69, 9.17) is 5.73 Å². The molecule has 0 saturated heterocycles. The van der Waals surface area contributed by atoms with E-state index < -0.39 is 11.6 Å². The molecule has 1 aromatic carbocycles. The molecule has 4 heteroatoms. The van der Waals surface area contributed by atoms with E-state index in [0.717, 1.165) is 12.3 Å². The Kier molecular flexibility index (Phi) is 2.33. The Morgan fingerprint density at radius 3 is 2.53 bits per heavy atom. The van der Waals surface area contributed by atoms with Crippen molar-refractivity contribution in [3.8, 4) is 11.3 Å². The van der Waals surface area contributed by atoms with Crippen LogP contribution in [0, 0.1) is 11.6 Å². The molecule has 0 atom stereocenters. The first-order valence-electron chi connectivity index (χ1n) is 4.34. The fraction of sp³-hybridized carbons (Fsp3) is 0. The van der Waals surface area contributed by atoms with Gasteiger partial charge in [-0.15, -0.1) is 0 Å².